The van der Waals surface area contributed by atoms with Crippen LogP contribution in [0.25, 0.3) is 21.3 Å². The van der Waals surface area contributed by atoms with Crippen molar-refractivity contribution in [2.75, 3.05) is 19.7 Å². The van der Waals surface area contributed by atoms with Crippen molar-refractivity contribution in [3.8, 4) is 11.1 Å². The van der Waals surface area contributed by atoms with E-state index in [0.29, 0.717) is 29.9 Å². The third-order valence-corrected chi connectivity index (χ3v) is 5.71. The monoisotopic (exact) mass is 383 g/mol. The predicted octanol–water partition coefficient (Wildman–Crippen LogP) is 2.68. The van der Waals surface area contributed by atoms with E-state index in [4.69, 9.17) is 4.74 Å². The highest BCUT2D eigenvalue weighted by Gasteiger charge is 2.22. The number of nitrogens with zero attached hydrogens (tertiary/aromatic N) is 3. The number of amides is 1. The summed E-state index contributed by atoms with van der Waals surface area (Å²) in [7, 11) is 0. The largest absolute Gasteiger partial charge is 0.375 e. The maximum atomic E-state index is 13.1. The Balaban J connectivity index is 1.67. The normalized spacial score (nSPS) is 17.4. The summed E-state index contributed by atoms with van der Waals surface area (Å²) in [6.07, 6.45) is 1.49. The van der Waals surface area contributed by atoms with Crippen LogP contribution in [-0.4, -0.2) is 46.2 Å². The van der Waals surface area contributed by atoms with Crippen molar-refractivity contribution in [1.29, 1.82) is 0 Å². The fraction of sp³-hybridized carbons (Fsp3) is 0.350. The molecule has 1 aromatic carbocycles. The number of hydrogen-bond donors (Lipinski definition) is 0. The van der Waals surface area contributed by atoms with E-state index in [9.17, 15) is 9.59 Å². The van der Waals surface area contributed by atoms with E-state index in [1.165, 1.54) is 27.8 Å². The smallest absolute Gasteiger partial charge is 0.263 e. The average Bonchev–Trinajstić information content (AvgIpc) is 3.09. The van der Waals surface area contributed by atoms with Crippen LogP contribution < -0.4 is 5.56 Å². The molecule has 27 heavy (non-hydrogen) atoms. The molecule has 0 aliphatic carbocycles. The zero-order chi connectivity index (χ0) is 19.0. The van der Waals surface area contributed by atoms with Crippen LogP contribution >= 0.6 is 11.3 Å². The molecule has 4 rings (SSSR count). The van der Waals surface area contributed by atoms with Gasteiger partial charge < -0.3 is 9.64 Å². The van der Waals surface area contributed by atoms with E-state index in [2.05, 4.69) is 4.98 Å². The number of carbonyl (C=O) groups is 1. The quantitative estimate of drug-likeness (QED) is 0.698. The van der Waals surface area contributed by atoms with Gasteiger partial charge in [0.15, 0.2) is 0 Å². The lowest BCUT2D eigenvalue weighted by molar-refractivity contribution is -0.138. The minimum Gasteiger partial charge on any atom is -0.375 e. The summed E-state index contributed by atoms with van der Waals surface area (Å²) in [4.78, 5) is 32.5. The number of hydrogen-bond acceptors (Lipinski definition) is 5. The van der Waals surface area contributed by atoms with Crippen molar-refractivity contribution < 1.29 is 9.53 Å². The molecule has 0 bridgehead atoms. The molecule has 1 amide bonds. The predicted molar refractivity (Wildman–Crippen MR) is 106 cm³/mol. The highest BCUT2D eigenvalue weighted by molar-refractivity contribution is 7.17. The molecule has 1 fully saturated rings. The van der Waals surface area contributed by atoms with Crippen LogP contribution in [0.2, 0.25) is 0 Å². The topological polar surface area (TPSA) is 64.4 Å². The standard InChI is InChI=1S/C20H21N3O3S/c1-13-3-5-15(6-4-13)16-11-27-19-18(16)20(25)23(12-21-19)10-17(24)22-7-8-26-14(2)9-22/h3-6,11-12,14H,7-10H2,1-2H3. The summed E-state index contributed by atoms with van der Waals surface area (Å²) in [6.45, 7) is 5.61. The Hall–Kier alpha value is -2.51. The summed E-state index contributed by atoms with van der Waals surface area (Å²) in [5.74, 6) is -0.0829. The van der Waals surface area contributed by atoms with Gasteiger partial charge in [-0.3, -0.25) is 14.2 Å². The number of rotatable bonds is 3. The van der Waals surface area contributed by atoms with Gasteiger partial charge in [0.25, 0.3) is 5.56 Å². The van der Waals surface area contributed by atoms with E-state index in [-0.39, 0.29) is 24.1 Å². The van der Waals surface area contributed by atoms with Gasteiger partial charge in [-0.05, 0) is 19.4 Å². The van der Waals surface area contributed by atoms with Crippen molar-refractivity contribution in [3.05, 3.63) is 51.9 Å². The molecule has 2 aromatic heterocycles. The van der Waals surface area contributed by atoms with Gasteiger partial charge in [-0.1, -0.05) is 29.8 Å². The number of thiophene rings is 1. The first-order valence-electron chi connectivity index (χ1n) is 8.96. The highest BCUT2D eigenvalue weighted by atomic mass is 32.1. The molecule has 0 spiro atoms. The Morgan fingerprint density at radius 1 is 1.33 bits per heavy atom. The van der Waals surface area contributed by atoms with Crippen molar-refractivity contribution in [2.45, 2.75) is 26.5 Å². The molecule has 1 aliphatic heterocycles. The number of fused-ring (bicyclic) bond motifs is 1. The minimum absolute atomic E-state index is 0.00230. The third kappa shape index (κ3) is 3.52. The minimum atomic E-state index is -0.175. The zero-order valence-corrected chi connectivity index (χ0v) is 16.2. The van der Waals surface area contributed by atoms with E-state index < -0.39 is 0 Å². The van der Waals surface area contributed by atoms with Crippen LogP contribution in [0.1, 0.15) is 12.5 Å². The Bertz CT molecular complexity index is 1040. The van der Waals surface area contributed by atoms with Gasteiger partial charge in [0.2, 0.25) is 5.91 Å². The van der Waals surface area contributed by atoms with E-state index >= 15 is 0 Å². The number of benzene rings is 1. The molecule has 1 aliphatic rings. The lowest BCUT2D eigenvalue weighted by Crippen LogP contribution is -2.46. The van der Waals surface area contributed by atoms with Gasteiger partial charge in [-0.15, -0.1) is 11.3 Å². The molecule has 0 N–H and O–H groups in total. The lowest BCUT2D eigenvalue weighted by atomic mass is 10.1. The summed E-state index contributed by atoms with van der Waals surface area (Å²) in [5, 5.41) is 2.54. The second kappa shape index (κ2) is 7.25. The molecule has 0 radical (unpaired) electrons. The Morgan fingerprint density at radius 3 is 2.85 bits per heavy atom. The highest BCUT2D eigenvalue weighted by Crippen LogP contribution is 2.30. The first kappa shape index (κ1) is 17.9. The van der Waals surface area contributed by atoms with Crippen LogP contribution in [0.3, 0.4) is 0 Å². The van der Waals surface area contributed by atoms with Gasteiger partial charge in [-0.2, -0.15) is 0 Å². The van der Waals surface area contributed by atoms with Crippen LogP contribution in [0.4, 0.5) is 0 Å². The number of morpholine rings is 1. The molecule has 1 saturated heterocycles. The summed E-state index contributed by atoms with van der Waals surface area (Å²) in [6, 6.07) is 8.06. The maximum absolute atomic E-state index is 13.1. The second-order valence-electron chi connectivity index (χ2n) is 6.89. The van der Waals surface area contributed by atoms with Crippen molar-refractivity contribution in [2.24, 2.45) is 0 Å². The Kier molecular flexibility index (Phi) is 4.80. The van der Waals surface area contributed by atoms with Gasteiger partial charge in [0, 0.05) is 24.0 Å². The molecule has 7 heteroatoms. The van der Waals surface area contributed by atoms with Crippen molar-refractivity contribution in [1.82, 2.24) is 14.5 Å². The van der Waals surface area contributed by atoms with E-state index in [1.54, 1.807) is 4.90 Å². The fourth-order valence-electron chi connectivity index (χ4n) is 3.32. The van der Waals surface area contributed by atoms with Gasteiger partial charge in [0.05, 0.1) is 24.4 Å². The van der Waals surface area contributed by atoms with Gasteiger partial charge in [0.1, 0.15) is 11.4 Å². The third-order valence-electron chi connectivity index (χ3n) is 4.82. The summed E-state index contributed by atoms with van der Waals surface area (Å²) < 4.78 is 6.89. The van der Waals surface area contributed by atoms with Crippen LogP contribution in [0, 0.1) is 6.92 Å². The van der Waals surface area contributed by atoms with Gasteiger partial charge >= 0.3 is 0 Å². The molecule has 0 saturated carbocycles. The van der Waals surface area contributed by atoms with Crippen molar-refractivity contribution >= 4 is 27.5 Å². The number of aromatic nitrogens is 2. The molecular formula is C20H21N3O3S. The summed E-state index contributed by atoms with van der Waals surface area (Å²) in [5.41, 5.74) is 2.84. The summed E-state index contributed by atoms with van der Waals surface area (Å²) >= 11 is 1.45. The van der Waals surface area contributed by atoms with E-state index in [0.717, 1.165) is 11.1 Å². The lowest BCUT2D eigenvalue weighted by Gasteiger charge is -2.31. The molecular weight excluding hydrogens is 362 g/mol. The zero-order valence-electron chi connectivity index (χ0n) is 15.3. The number of aryl methyl sites for hydroxylation is 1. The van der Waals surface area contributed by atoms with Crippen LogP contribution in [0.5, 0.6) is 0 Å². The number of ether oxygens (including phenoxy) is 1. The second-order valence-corrected chi connectivity index (χ2v) is 7.75. The number of carbonyl (C=O) groups excluding carboxylic acids is 1. The Labute approximate surface area is 161 Å². The first-order valence-corrected chi connectivity index (χ1v) is 9.84. The maximum Gasteiger partial charge on any atom is 0.263 e. The van der Waals surface area contributed by atoms with Crippen molar-refractivity contribution in [3.63, 3.8) is 0 Å². The molecule has 3 aromatic rings. The fourth-order valence-corrected chi connectivity index (χ4v) is 4.22. The van der Waals surface area contributed by atoms with Crippen LogP contribution in [0.15, 0.2) is 40.8 Å². The van der Waals surface area contributed by atoms with Crippen LogP contribution in [-0.2, 0) is 16.1 Å². The van der Waals surface area contributed by atoms with E-state index in [1.807, 2.05) is 43.5 Å². The molecule has 140 valence electrons. The SMILES string of the molecule is Cc1ccc(-c2csc3ncn(CC(=O)N4CCOC(C)C4)c(=O)c23)cc1. The first-order chi connectivity index (χ1) is 13.0. The van der Waals surface area contributed by atoms with Gasteiger partial charge in [-0.25, -0.2) is 4.98 Å². The molecule has 1 atom stereocenters. The Morgan fingerprint density at radius 2 is 2.11 bits per heavy atom. The molecule has 3 heterocycles. The molecule has 1 unspecified atom stereocenters. The average molecular weight is 383 g/mol. The molecule has 6 nitrogen and oxygen atoms in total.